The summed E-state index contributed by atoms with van der Waals surface area (Å²) < 4.78 is 40.6. The zero-order valence-corrected chi connectivity index (χ0v) is 14.9. The Kier molecular flexibility index (Phi) is 5.22. The molecule has 1 saturated carbocycles. The van der Waals surface area contributed by atoms with E-state index in [0.717, 1.165) is 24.7 Å². The molecule has 3 rings (SSSR count). The zero-order valence-electron chi connectivity index (χ0n) is 14.1. The van der Waals surface area contributed by atoms with Crippen molar-refractivity contribution in [1.82, 2.24) is 4.98 Å². The van der Waals surface area contributed by atoms with Gasteiger partial charge in [-0.25, -0.2) is 17.8 Å². The lowest BCUT2D eigenvalue weighted by Crippen LogP contribution is -2.22. The van der Waals surface area contributed by atoms with Gasteiger partial charge in [0.2, 0.25) is 0 Å². The van der Waals surface area contributed by atoms with Gasteiger partial charge in [-0.05, 0) is 55.7 Å². The van der Waals surface area contributed by atoms with Crippen molar-refractivity contribution in [2.24, 2.45) is 0 Å². The fraction of sp³-hybridized carbons (Fsp3) is 0.389. The van der Waals surface area contributed by atoms with E-state index in [0.29, 0.717) is 17.3 Å². The quantitative estimate of drug-likeness (QED) is 0.840. The van der Waals surface area contributed by atoms with Crippen molar-refractivity contribution in [3.63, 3.8) is 0 Å². The number of hydrogen-bond donors (Lipinski definition) is 2. The second-order valence-electron chi connectivity index (χ2n) is 6.43. The maximum atomic E-state index is 13.2. The number of pyridine rings is 1. The maximum Gasteiger partial charge on any atom is 0.262 e. The van der Waals surface area contributed by atoms with E-state index < -0.39 is 15.8 Å². The van der Waals surface area contributed by atoms with E-state index in [2.05, 4.69) is 15.0 Å². The Hall–Kier alpha value is -2.15. The highest BCUT2D eigenvalue weighted by Crippen LogP contribution is 2.23. The number of nitrogens with one attached hydrogen (secondary N) is 2. The number of aryl methyl sites for hydroxylation is 1. The molecule has 1 heterocycles. The molecule has 7 heteroatoms. The molecule has 5 nitrogen and oxygen atoms in total. The molecule has 1 aromatic heterocycles. The lowest BCUT2D eigenvalue weighted by molar-refractivity contribution is 0.462. The van der Waals surface area contributed by atoms with Crippen molar-refractivity contribution in [2.75, 3.05) is 10.0 Å². The highest BCUT2D eigenvalue weighted by atomic mass is 32.2. The molecule has 1 fully saturated rings. The first kappa shape index (κ1) is 17.7. The standard InChI is InChI=1S/C18H22FN3O2S/c1-13-11-14(19)7-9-17(13)25(23,24)22-16-8-10-18(20-12-16)21-15-5-3-2-4-6-15/h7-12,15,22H,2-6H2,1H3,(H,20,21). The molecule has 0 aliphatic heterocycles. The van der Waals surface area contributed by atoms with Gasteiger partial charge < -0.3 is 5.32 Å². The Morgan fingerprint density at radius 3 is 2.52 bits per heavy atom. The molecule has 1 aromatic carbocycles. The molecular weight excluding hydrogens is 341 g/mol. The van der Waals surface area contributed by atoms with Crippen LogP contribution in [0, 0.1) is 12.7 Å². The van der Waals surface area contributed by atoms with Crippen LogP contribution in [0.25, 0.3) is 0 Å². The number of anilines is 2. The first-order chi connectivity index (χ1) is 11.9. The summed E-state index contributed by atoms with van der Waals surface area (Å²) in [5.74, 6) is 0.282. The van der Waals surface area contributed by atoms with Crippen LogP contribution in [0.1, 0.15) is 37.7 Å². The zero-order chi connectivity index (χ0) is 17.9. The Labute approximate surface area is 147 Å². The normalized spacial score (nSPS) is 15.8. The summed E-state index contributed by atoms with van der Waals surface area (Å²) in [5, 5.41) is 3.39. The third-order valence-electron chi connectivity index (χ3n) is 4.40. The third-order valence-corrected chi connectivity index (χ3v) is 5.94. The Balaban J connectivity index is 1.69. The molecule has 2 N–H and O–H groups in total. The van der Waals surface area contributed by atoms with Crippen LogP contribution in [-0.2, 0) is 10.0 Å². The molecule has 25 heavy (non-hydrogen) atoms. The number of aromatic nitrogens is 1. The molecule has 0 atom stereocenters. The molecule has 0 amide bonds. The minimum absolute atomic E-state index is 0.0540. The number of hydrogen-bond acceptors (Lipinski definition) is 4. The van der Waals surface area contributed by atoms with Gasteiger partial charge in [0, 0.05) is 6.04 Å². The van der Waals surface area contributed by atoms with Crippen LogP contribution < -0.4 is 10.0 Å². The molecule has 1 aliphatic carbocycles. The molecule has 0 saturated heterocycles. The first-order valence-corrected chi connectivity index (χ1v) is 9.94. The van der Waals surface area contributed by atoms with Gasteiger partial charge in [-0.1, -0.05) is 19.3 Å². The van der Waals surface area contributed by atoms with Crippen LogP contribution in [-0.4, -0.2) is 19.4 Å². The van der Waals surface area contributed by atoms with Crippen LogP contribution in [0.4, 0.5) is 15.9 Å². The van der Waals surface area contributed by atoms with Crippen LogP contribution in [0.15, 0.2) is 41.4 Å². The fourth-order valence-electron chi connectivity index (χ4n) is 3.12. The number of nitrogens with zero attached hydrogens (tertiary/aromatic N) is 1. The third kappa shape index (κ3) is 4.48. The molecule has 2 aromatic rings. The summed E-state index contributed by atoms with van der Waals surface area (Å²) in [6, 6.07) is 7.48. The monoisotopic (exact) mass is 363 g/mol. The van der Waals surface area contributed by atoms with Crippen LogP contribution in [0.3, 0.4) is 0 Å². The second kappa shape index (κ2) is 7.39. The van der Waals surface area contributed by atoms with Gasteiger partial charge >= 0.3 is 0 Å². The van der Waals surface area contributed by atoms with Crippen molar-refractivity contribution < 1.29 is 12.8 Å². The molecule has 0 unspecified atom stereocenters. The maximum absolute atomic E-state index is 13.2. The van der Waals surface area contributed by atoms with Crippen molar-refractivity contribution in [2.45, 2.75) is 50.0 Å². The lowest BCUT2D eigenvalue weighted by Gasteiger charge is -2.23. The Morgan fingerprint density at radius 1 is 1.12 bits per heavy atom. The summed E-state index contributed by atoms with van der Waals surface area (Å²) in [6.07, 6.45) is 7.51. The van der Waals surface area contributed by atoms with Crippen molar-refractivity contribution in [1.29, 1.82) is 0 Å². The van der Waals surface area contributed by atoms with E-state index in [1.165, 1.54) is 37.6 Å². The van der Waals surface area contributed by atoms with Crippen molar-refractivity contribution >= 4 is 21.5 Å². The second-order valence-corrected chi connectivity index (χ2v) is 8.08. The predicted octanol–water partition coefficient (Wildman–Crippen LogP) is 4.07. The van der Waals surface area contributed by atoms with E-state index in [1.807, 2.05) is 0 Å². The number of sulfonamides is 1. The molecule has 0 bridgehead atoms. The van der Waals surface area contributed by atoms with Gasteiger partial charge in [0.1, 0.15) is 11.6 Å². The highest BCUT2D eigenvalue weighted by Gasteiger charge is 2.18. The SMILES string of the molecule is Cc1cc(F)ccc1S(=O)(=O)Nc1ccc(NC2CCCCC2)nc1. The van der Waals surface area contributed by atoms with E-state index in [-0.39, 0.29) is 4.90 Å². The van der Waals surface area contributed by atoms with E-state index in [9.17, 15) is 12.8 Å². The highest BCUT2D eigenvalue weighted by molar-refractivity contribution is 7.92. The fourth-order valence-corrected chi connectivity index (χ4v) is 4.39. The molecule has 0 radical (unpaired) electrons. The Morgan fingerprint density at radius 2 is 1.88 bits per heavy atom. The minimum atomic E-state index is -3.78. The van der Waals surface area contributed by atoms with E-state index >= 15 is 0 Å². The van der Waals surface area contributed by atoms with Crippen LogP contribution in [0.2, 0.25) is 0 Å². The van der Waals surface area contributed by atoms with Crippen molar-refractivity contribution in [3.8, 4) is 0 Å². The average Bonchev–Trinajstić information content (AvgIpc) is 2.57. The number of benzene rings is 1. The van der Waals surface area contributed by atoms with Crippen LogP contribution >= 0.6 is 0 Å². The van der Waals surface area contributed by atoms with Gasteiger partial charge in [0.25, 0.3) is 10.0 Å². The van der Waals surface area contributed by atoms with Gasteiger partial charge in [-0.15, -0.1) is 0 Å². The number of rotatable bonds is 5. The molecule has 134 valence electrons. The van der Waals surface area contributed by atoms with Gasteiger partial charge in [-0.3, -0.25) is 4.72 Å². The average molecular weight is 363 g/mol. The molecule has 0 spiro atoms. The van der Waals surface area contributed by atoms with Gasteiger partial charge in [0.05, 0.1) is 16.8 Å². The largest absolute Gasteiger partial charge is 0.367 e. The smallest absolute Gasteiger partial charge is 0.262 e. The summed E-state index contributed by atoms with van der Waals surface area (Å²) >= 11 is 0. The minimum Gasteiger partial charge on any atom is -0.367 e. The lowest BCUT2D eigenvalue weighted by atomic mass is 9.95. The predicted molar refractivity (Wildman–Crippen MR) is 96.7 cm³/mol. The summed E-state index contributed by atoms with van der Waals surface area (Å²) in [7, 11) is -3.78. The van der Waals surface area contributed by atoms with Gasteiger partial charge in [-0.2, -0.15) is 0 Å². The topological polar surface area (TPSA) is 71.1 Å². The molecular formula is C18H22FN3O2S. The summed E-state index contributed by atoms with van der Waals surface area (Å²) in [4.78, 5) is 4.34. The summed E-state index contributed by atoms with van der Waals surface area (Å²) in [6.45, 7) is 1.56. The first-order valence-electron chi connectivity index (χ1n) is 8.45. The molecule has 1 aliphatic rings. The number of halogens is 1. The van der Waals surface area contributed by atoms with Crippen LogP contribution in [0.5, 0.6) is 0 Å². The summed E-state index contributed by atoms with van der Waals surface area (Å²) in [5.41, 5.74) is 0.731. The van der Waals surface area contributed by atoms with Crippen molar-refractivity contribution in [3.05, 3.63) is 47.9 Å². The Bertz CT molecular complexity index is 832. The van der Waals surface area contributed by atoms with Gasteiger partial charge in [0.15, 0.2) is 0 Å². The van der Waals surface area contributed by atoms with E-state index in [1.54, 1.807) is 19.1 Å². The van der Waals surface area contributed by atoms with E-state index in [4.69, 9.17) is 0 Å².